The van der Waals surface area contributed by atoms with E-state index in [4.69, 9.17) is 9.47 Å². The second-order valence-corrected chi connectivity index (χ2v) is 11.1. The van der Waals surface area contributed by atoms with Crippen LogP contribution in [-0.4, -0.2) is 107 Å². The molecule has 0 aromatic heterocycles. The van der Waals surface area contributed by atoms with Crippen LogP contribution < -0.4 is 0 Å². The molecule has 0 radical (unpaired) electrons. The van der Waals surface area contributed by atoms with Crippen LogP contribution in [0.5, 0.6) is 0 Å². The van der Waals surface area contributed by atoms with Gasteiger partial charge in [-0.1, -0.05) is 79.1 Å². The van der Waals surface area contributed by atoms with Gasteiger partial charge in [-0.15, -0.1) is 0 Å². The molecule has 0 heterocycles. The minimum Gasteiger partial charge on any atom is -0.374 e. The maximum Gasteiger partial charge on any atom is 0.102 e. The van der Waals surface area contributed by atoms with Crippen LogP contribution in [0.15, 0.2) is 0 Å². The fourth-order valence-corrected chi connectivity index (χ4v) is 4.26. The predicted molar refractivity (Wildman–Crippen MR) is 154 cm³/mol. The highest BCUT2D eigenvalue weighted by molar-refractivity contribution is 4.59. The number of hydrogen-bond donors (Lipinski definition) is 0. The standard InChI is InChI=1S/C30H66N3O2/c1-7-11-15-16-17-18-22-32(21-14-10-4)24-28-35-30-26-33(5,6)25-29-34-27-23-31(19-12-8-2)20-13-9-3/h7-30H2,1-6H3/q+1. The van der Waals surface area contributed by atoms with Crippen molar-refractivity contribution in [2.24, 2.45) is 0 Å². The molecule has 0 N–H and O–H groups in total. The number of hydrogen-bond acceptors (Lipinski definition) is 4. The maximum absolute atomic E-state index is 6.07. The number of unbranched alkanes of at least 4 members (excludes halogenated alkanes) is 8. The lowest BCUT2D eigenvalue weighted by atomic mass is 10.1. The highest BCUT2D eigenvalue weighted by Crippen LogP contribution is 2.07. The van der Waals surface area contributed by atoms with Crippen LogP contribution >= 0.6 is 0 Å². The Morgan fingerprint density at radius 3 is 1.23 bits per heavy atom. The molecule has 0 aliphatic rings. The molecule has 0 aromatic rings. The molecular weight excluding hydrogens is 434 g/mol. The molecule has 0 saturated carbocycles. The van der Waals surface area contributed by atoms with Crippen molar-refractivity contribution in [1.29, 1.82) is 0 Å². The SMILES string of the molecule is CCCCCCCCN(CCCC)CCOCC[N+](C)(C)CCOCCN(CCCC)CCCC. The minimum absolute atomic E-state index is 0.839. The summed E-state index contributed by atoms with van der Waals surface area (Å²) in [6.45, 7) is 21.7. The summed E-state index contributed by atoms with van der Waals surface area (Å²) in [5, 5.41) is 0. The molecule has 5 heteroatoms. The Balaban J connectivity index is 3.94. The van der Waals surface area contributed by atoms with Crippen molar-refractivity contribution in [2.75, 3.05) is 92.9 Å². The van der Waals surface area contributed by atoms with Gasteiger partial charge in [-0.2, -0.15) is 0 Å². The number of ether oxygens (including phenoxy) is 2. The average Bonchev–Trinajstić information content (AvgIpc) is 2.84. The van der Waals surface area contributed by atoms with Crippen LogP contribution in [0.2, 0.25) is 0 Å². The molecular formula is C30H66N3O2+. The van der Waals surface area contributed by atoms with Crippen LogP contribution in [0.3, 0.4) is 0 Å². The van der Waals surface area contributed by atoms with Crippen molar-refractivity contribution in [3.05, 3.63) is 0 Å². The molecule has 0 unspecified atom stereocenters. The van der Waals surface area contributed by atoms with E-state index in [1.54, 1.807) is 0 Å². The van der Waals surface area contributed by atoms with E-state index in [0.29, 0.717) is 0 Å². The predicted octanol–water partition coefficient (Wildman–Crippen LogP) is 6.46. The fraction of sp³-hybridized carbons (Fsp3) is 1.00. The quantitative estimate of drug-likeness (QED) is 0.0909. The van der Waals surface area contributed by atoms with E-state index in [2.05, 4.69) is 51.6 Å². The Morgan fingerprint density at radius 1 is 0.429 bits per heavy atom. The van der Waals surface area contributed by atoms with Crippen LogP contribution in [0, 0.1) is 0 Å². The summed E-state index contributed by atoms with van der Waals surface area (Å²) in [5.74, 6) is 0. The zero-order valence-corrected chi connectivity index (χ0v) is 25.1. The third kappa shape index (κ3) is 23.9. The van der Waals surface area contributed by atoms with Crippen molar-refractivity contribution in [3.8, 4) is 0 Å². The number of nitrogens with zero attached hydrogens (tertiary/aromatic N) is 3. The number of quaternary nitrogens is 1. The van der Waals surface area contributed by atoms with E-state index in [0.717, 1.165) is 57.1 Å². The van der Waals surface area contributed by atoms with Crippen LogP contribution in [0.25, 0.3) is 0 Å². The first-order chi connectivity index (χ1) is 17.0. The van der Waals surface area contributed by atoms with Gasteiger partial charge in [0.05, 0.1) is 40.5 Å². The van der Waals surface area contributed by atoms with Crippen molar-refractivity contribution in [2.45, 2.75) is 105 Å². The van der Waals surface area contributed by atoms with E-state index < -0.39 is 0 Å². The van der Waals surface area contributed by atoms with E-state index in [-0.39, 0.29) is 0 Å². The normalized spacial score (nSPS) is 12.3. The van der Waals surface area contributed by atoms with Gasteiger partial charge in [0.15, 0.2) is 0 Å². The molecule has 0 atom stereocenters. The molecule has 212 valence electrons. The van der Waals surface area contributed by atoms with Gasteiger partial charge in [0.25, 0.3) is 0 Å². The summed E-state index contributed by atoms with van der Waals surface area (Å²) in [7, 11) is 4.60. The zero-order valence-electron chi connectivity index (χ0n) is 25.1. The molecule has 0 rings (SSSR count). The lowest BCUT2D eigenvalue weighted by Crippen LogP contribution is -2.45. The van der Waals surface area contributed by atoms with Crippen LogP contribution in [0.1, 0.15) is 105 Å². The second-order valence-electron chi connectivity index (χ2n) is 11.1. The molecule has 0 bridgehead atoms. The topological polar surface area (TPSA) is 24.9 Å². The Morgan fingerprint density at radius 2 is 0.800 bits per heavy atom. The second kappa shape index (κ2) is 25.4. The summed E-state index contributed by atoms with van der Waals surface area (Å²) >= 11 is 0. The van der Waals surface area contributed by atoms with E-state index >= 15 is 0 Å². The third-order valence-corrected chi connectivity index (χ3v) is 7.10. The van der Waals surface area contributed by atoms with Gasteiger partial charge in [-0.05, 0) is 51.9 Å². The van der Waals surface area contributed by atoms with Gasteiger partial charge >= 0.3 is 0 Å². The van der Waals surface area contributed by atoms with Crippen molar-refractivity contribution >= 4 is 0 Å². The highest BCUT2D eigenvalue weighted by Gasteiger charge is 2.15. The summed E-state index contributed by atoms with van der Waals surface area (Å²) in [4.78, 5) is 5.21. The first kappa shape index (κ1) is 34.8. The van der Waals surface area contributed by atoms with Crippen molar-refractivity contribution in [3.63, 3.8) is 0 Å². The minimum atomic E-state index is 0.839. The van der Waals surface area contributed by atoms with Gasteiger partial charge in [0.1, 0.15) is 13.1 Å². The average molecular weight is 501 g/mol. The molecule has 0 aliphatic heterocycles. The van der Waals surface area contributed by atoms with E-state index in [9.17, 15) is 0 Å². The smallest absolute Gasteiger partial charge is 0.102 e. The molecule has 0 aliphatic carbocycles. The first-order valence-corrected chi connectivity index (χ1v) is 15.4. The van der Waals surface area contributed by atoms with Crippen molar-refractivity contribution in [1.82, 2.24) is 9.80 Å². The molecule has 35 heavy (non-hydrogen) atoms. The van der Waals surface area contributed by atoms with Gasteiger partial charge < -0.3 is 23.8 Å². The van der Waals surface area contributed by atoms with Crippen LogP contribution in [0.4, 0.5) is 0 Å². The molecule has 0 fully saturated rings. The summed E-state index contributed by atoms with van der Waals surface area (Å²) < 4.78 is 13.1. The molecule has 0 spiro atoms. The first-order valence-electron chi connectivity index (χ1n) is 15.4. The monoisotopic (exact) mass is 501 g/mol. The lowest BCUT2D eigenvalue weighted by molar-refractivity contribution is -0.891. The Bertz CT molecular complexity index is 412. The molecule has 0 amide bonds. The van der Waals surface area contributed by atoms with Gasteiger partial charge in [0.2, 0.25) is 0 Å². The van der Waals surface area contributed by atoms with Gasteiger partial charge in [-0.25, -0.2) is 0 Å². The largest absolute Gasteiger partial charge is 0.374 e. The molecule has 5 nitrogen and oxygen atoms in total. The number of rotatable bonds is 28. The van der Waals surface area contributed by atoms with E-state index in [1.807, 2.05) is 0 Å². The maximum atomic E-state index is 6.07. The Labute approximate surface area is 221 Å². The Kier molecular flexibility index (Phi) is 25.3. The molecule has 0 saturated heterocycles. The van der Waals surface area contributed by atoms with Gasteiger partial charge in [0, 0.05) is 13.1 Å². The van der Waals surface area contributed by atoms with E-state index in [1.165, 1.54) is 103 Å². The Hall–Kier alpha value is -0.200. The fourth-order valence-electron chi connectivity index (χ4n) is 4.26. The van der Waals surface area contributed by atoms with Crippen molar-refractivity contribution < 1.29 is 14.0 Å². The highest BCUT2D eigenvalue weighted by atomic mass is 16.5. The summed E-state index contributed by atoms with van der Waals surface area (Å²) in [6, 6.07) is 0. The third-order valence-electron chi connectivity index (χ3n) is 7.10. The summed E-state index contributed by atoms with van der Waals surface area (Å²) in [5.41, 5.74) is 0. The molecule has 0 aromatic carbocycles. The number of likely N-dealkylation sites (N-methyl/N-ethyl adjacent to an activating group) is 1. The lowest BCUT2D eigenvalue weighted by Gasteiger charge is -2.30. The summed E-state index contributed by atoms with van der Waals surface area (Å²) in [6.07, 6.45) is 16.0. The van der Waals surface area contributed by atoms with Gasteiger partial charge in [-0.3, -0.25) is 0 Å². The van der Waals surface area contributed by atoms with Crippen LogP contribution in [-0.2, 0) is 9.47 Å². The zero-order chi connectivity index (χ0) is 26.0.